The third kappa shape index (κ3) is 3.05. The first kappa shape index (κ1) is 14.3. The minimum Gasteiger partial charge on any atom is -0.363 e. The molecular weight excluding hydrogens is 278 g/mol. The highest BCUT2D eigenvalue weighted by molar-refractivity contribution is 6.31. The maximum absolute atomic E-state index is 10.9. The number of anilines is 1. The van der Waals surface area contributed by atoms with Gasteiger partial charge in [0.15, 0.2) is 0 Å². The smallest absolute Gasteiger partial charge is 0.277 e. The van der Waals surface area contributed by atoms with Crippen LogP contribution in [0, 0.1) is 17.0 Å². The second-order valence-electron chi connectivity index (χ2n) is 4.50. The molecule has 0 bridgehead atoms. The number of nitrogens with zero attached hydrogens (tertiary/aromatic N) is 2. The highest BCUT2D eigenvalue weighted by Gasteiger charge is 2.14. The van der Waals surface area contributed by atoms with Gasteiger partial charge in [-0.05, 0) is 25.5 Å². The maximum Gasteiger partial charge on any atom is 0.277 e. The van der Waals surface area contributed by atoms with Crippen LogP contribution < -0.4 is 5.32 Å². The molecule has 0 aliphatic carbocycles. The highest BCUT2D eigenvalue weighted by Crippen LogP contribution is 2.27. The number of nitrogens with one attached hydrogen (secondary N) is 1. The molecule has 1 atom stereocenters. The Labute approximate surface area is 121 Å². The fourth-order valence-corrected chi connectivity index (χ4v) is 2.21. The zero-order valence-electron chi connectivity index (χ0n) is 11.1. The summed E-state index contributed by atoms with van der Waals surface area (Å²) in [4.78, 5) is 14.7. The van der Waals surface area contributed by atoms with Crippen molar-refractivity contribution in [2.75, 3.05) is 5.32 Å². The van der Waals surface area contributed by atoms with Gasteiger partial charge < -0.3 is 5.32 Å². The van der Waals surface area contributed by atoms with Gasteiger partial charge in [-0.1, -0.05) is 29.8 Å². The van der Waals surface area contributed by atoms with E-state index in [0.717, 1.165) is 5.56 Å². The Morgan fingerprint density at radius 1 is 1.40 bits per heavy atom. The summed E-state index contributed by atoms with van der Waals surface area (Å²) in [6, 6.07) is 8.79. The molecule has 1 heterocycles. The van der Waals surface area contributed by atoms with Crippen LogP contribution in [0.5, 0.6) is 0 Å². The summed E-state index contributed by atoms with van der Waals surface area (Å²) in [5, 5.41) is 14.7. The van der Waals surface area contributed by atoms with E-state index in [2.05, 4.69) is 10.3 Å². The number of aryl methyl sites for hydroxylation is 1. The van der Waals surface area contributed by atoms with Gasteiger partial charge in [0.05, 0.1) is 17.0 Å². The fraction of sp³-hybridized carbons (Fsp3) is 0.214. The van der Waals surface area contributed by atoms with E-state index in [4.69, 9.17) is 11.6 Å². The normalized spacial score (nSPS) is 11.9. The molecule has 6 heteroatoms. The number of halogens is 1. The van der Waals surface area contributed by atoms with E-state index in [1.54, 1.807) is 13.0 Å². The molecule has 5 nitrogen and oxygen atoms in total. The van der Waals surface area contributed by atoms with Crippen molar-refractivity contribution in [3.8, 4) is 0 Å². The van der Waals surface area contributed by atoms with Crippen LogP contribution in [0.1, 0.15) is 24.1 Å². The second-order valence-corrected chi connectivity index (χ2v) is 4.91. The van der Waals surface area contributed by atoms with Crippen LogP contribution >= 0.6 is 11.6 Å². The van der Waals surface area contributed by atoms with Gasteiger partial charge in [0.1, 0.15) is 5.82 Å². The summed E-state index contributed by atoms with van der Waals surface area (Å²) in [6.45, 7) is 3.58. The summed E-state index contributed by atoms with van der Waals surface area (Å²) in [7, 11) is 0. The van der Waals surface area contributed by atoms with Crippen molar-refractivity contribution in [1.82, 2.24) is 4.98 Å². The first-order valence-corrected chi connectivity index (χ1v) is 6.49. The van der Waals surface area contributed by atoms with Crippen molar-refractivity contribution >= 4 is 23.1 Å². The SMILES string of the molecule is Cc1cnc(NC(C)c2ccccc2Cl)cc1[N+](=O)[O-]. The molecular formula is C14H14ClN3O2. The van der Waals surface area contributed by atoms with Crippen molar-refractivity contribution in [2.45, 2.75) is 19.9 Å². The number of nitro groups is 1. The third-order valence-electron chi connectivity index (χ3n) is 3.01. The minimum atomic E-state index is -0.414. The number of hydrogen-bond donors (Lipinski definition) is 1. The lowest BCUT2D eigenvalue weighted by Crippen LogP contribution is -2.09. The summed E-state index contributed by atoms with van der Waals surface area (Å²) < 4.78 is 0. The van der Waals surface area contributed by atoms with Gasteiger partial charge in [-0.15, -0.1) is 0 Å². The van der Waals surface area contributed by atoms with Crippen LogP contribution in [-0.2, 0) is 0 Å². The maximum atomic E-state index is 10.9. The van der Waals surface area contributed by atoms with Gasteiger partial charge in [0.2, 0.25) is 0 Å². The quantitative estimate of drug-likeness (QED) is 0.679. The van der Waals surface area contributed by atoms with Crippen molar-refractivity contribution in [3.63, 3.8) is 0 Å². The molecule has 1 unspecified atom stereocenters. The van der Waals surface area contributed by atoms with Crippen LogP contribution in [0.25, 0.3) is 0 Å². The Bertz CT molecular complexity index is 646. The lowest BCUT2D eigenvalue weighted by Gasteiger charge is -2.16. The number of aromatic nitrogens is 1. The van der Waals surface area contributed by atoms with E-state index in [1.165, 1.54) is 12.3 Å². The molecule has 0 aliphatic rings. The number of pyridine rings is 1. The third-order valence-corrected chi connectivity index (χ3v) is 3.35. The zero-order chi connectivity index (χ0) is 14.7. The molecule has 1 aromatic heterocycles. The largest absolute Gasteiger partial charge is 0.363 e. The molecule has 0 amide bonds. The molecule has 0 aliphatic heterocycles. The summed E-state index contributed by atoms with van der Waals surface area (Å²) >= 11 is 6.12. The van der Waals surface area contributed by atoms with Crippen molar-refractivity contribution < 1.29 is 4.92 Å². The summed E-state index contributed by atoms with van der Waals surface area (Å²) in [6.07, 6.45) is 1.49. The topological polar surface area (TPSA) is 68.1 Å². The molecule has 0 saturated carbocycles. The Morgan fingerprint density at radius 2 is 2.10 bits per heavy atom. The Balaban J connectivity index is 2.24. The van der Waals surface area contributed by atoms with Crippen molar-refractivity contribution in [1.29, 1.82) is 0 Å². The monoisotopic (exact) mass is 291 g/mol. The molecule has 20 heavy (non-hydrogen) atoms. The summed E-state index contributed by atoms with van der Waals surface area (Å²) in [5.41, 5.74) is 1.50. The van der Waals surface area contributed by atoms with Gasteiger partial charge >= 0.3 is 0 Å². The van der Waals surface area contributed by atoms with Gasteiger partial charge in [-0.3, -0.25) is 10.1 Å². The first-order chi connectivity index (χ1) is 9.49. The van der Waals surface area contributed by atoms with Crippen molar-refractivity contribution in [3.05, 3.63) is 62.8 Å². The van der Waals surface area contributed by atoms with E-state index >= 15 is 0 Å². The first-order valence-electron chi connectivity index (χ1n) is 6.11. The molecule has 0 radical (unpaired) electrons. The Morgan fingerprint density at radius 3 is 2.75 bits per heavy atom. The van der Waals surface area contributed by atoms with Crippen LogP contribution in [-0.4, -0.2) is 9.91 Å². The minimum absolute atomic E-state index is 0.0499. The Kier molecular flexibility index (Phi) is 4.20. The lowest BCUT2D eigenvalue weighted by atomic mass is 10.1. The average molecular weight is 292 g/mol. The standard InChI is InChI=1S/C14H14ClN3O2/c1-9-8-16-14(7-13(9)18(19)20)17-10(2)11-5-3-4-6-12(11)15/h3-8,10H,1-2H3,(H,16,17). The van der Waals surface area contributed by atoms with E-state index in [0.29, 0.717) is 16.4 Å². The average Bonchev–Trinajstić information content (AvgIpc) is 2.41. The van der Waals surface area contributed by atoms with Gasteiger partial charge in [0.25, 0.3) is 5.69 Å². The molecule has 0 fully saturated rings. The summed E-state index contributed by atoms with van der Waals surface area (Å²) in [5.74, 6) is 0.453. The van der Waals surface area contributed by atoms with E-state index in [-0.39, 0.29) is 11.7 Å². The fourth-order valence-electron chi connectivity index (χ4n) is 1.91. The lowest BCUT2D eigenvalue weighted by molar-refractivity contribution is -0.385. The van der Waals surface area contributed by atoms with Crippen LogP contribution in [0.15, 0.2) is 36.5 Å². The highest BCUT2D eigenvalue weighted by atomic mass is 35.5. The van der Waals surface area contributed by atoms with Crippen LogP contribution in [0.4, 0.5) is 11.5 Å². The number of rotatable bonds is 4. The molecule has 1 N–H and O–H groups in total. The van der Waals surface area contributed by atoms with E-state index in [9.17, 15) is 10.1 Å². The molecule has 2 aromatic rings. The zero-order valence-corrected chi connectivity index (χ0v) is 11.9. The van der Waals surface area contributed by atoms with E-state index in [1.807, 2.05) is 25.1 Å². The Hall–Kier alpha value is -2.14. The van der Waals surface area contributed by atoms with Gasteiger partial charge in [-0.2, -0.15) is 0 Å². The van der Waals surface area contributed by atoms with Crippen LogP contribution in [0.2, 0.25) is 5.02 Å². The molecule has 0 saturated heterocycles. The predicted octanol–water partition coefficient (Wildman–Crippen LogP) is 4.12. The number of hydrogen-bond acceptors (Lipinski definition) is 4. The van der Waals surface area contributed by atoms with Gasteiger partial charge in [0, 0.05) is 16.8 Å². The van der Waals surface area contributed by atoms with Crippen molar-refractivity contribution in [2.24, 2.45) is 0 Å². The molecule has 1 aromatic carbocycles. The van der Waals surface area contributed by atoms with Crippen LogP contribution in [0.3, 0.4) is 0 Å². The second kappa shape index (κ2) is 5.88. The molecule has 2 rings (SSSR count). The van der Waals surface area contributed by atoms with E-state index < -0.39 is 4.92 Å². The molecule has 0 spiro atoms. The van der Waals surface area contributed by atoms with Gasteiger partial charge in [-0.25, -0.2) is 4.98 Å². The predicted molar refractivity (Wildman–Crippen MR) is 79.1 cm³/mol. The molecule has 104 valence electrons. The number of benzene rings is 1.